The monoisotopic (exact) mass is 275 g/mol. The van der Waals surface area contributed by atoms with Crippen LogP contribution in [0, 0.1) is 11.3 Å². The van der Waals surface area contributed by atoms with Gasteiger partial charge in [-0.1, -0.05) is 13.8 Å². The smallest absolute Gasteiger partial charge is 0.166 e. The molecule has 1 rings (SSSR count). The number of aryl methyl sites for hydroxylation is 1. The number of nitrogens with zero attached hydrogens (tertiary/aromatic N) is 4. The summed E-state index contributed by atoms with van der Waals surface area (Å²) in [7, 11) is 4.15. The molecule has 20 heavy (non-hydrogen) atoms. The maximum atomic E-state index is 9.36. The molecule has 1 aromatic heterocycles. The van der Waals surface area contributed by atoms with Crippen molar-refractivity contribution >= 4 is 5.82 Å². The highest BCUT2D eigenvalue weighted by molar-refractivity contribution is 5.56. The predicted molar refractivity (Wildman–Crippen MR) is 81.8 cm³/mol. The van der Waals surface area contributed by atoms with Gasteiger partial charge in [-0.25, -0.2) is 0 Å². The van der Waals surface area contributed by atoms with Crippen LogP contribution in [0.2, 0.25) is 0 Å². The first-order valence-electron chi connectivity index (χ1n) is 7.31. The standard InChI is InChI=1S/C15H25N5/c1-5-12-13(11-16)15(19-18-14(12)6-2)17-9-7-8-10-20(3)4/h5-10H2,1-4H3,(H,17,19). The largest absolute Gasteiger partial charge is 0.367 e. The number of rotatable bonds is 8. The number of nitriles is 1. The van der Waals surface area contributed by atoms with Crippen LogP contribution in [0.3, 0.4) is 0 Å². The molecule has 0 aromatic carbocycles. The molecule has 0 radical (unpaired) electrons. The number of nitrogens with one attached hydrogen (secondary N) is 1. The lowest BCUT2D eigenvalue weighted by Gasteiger charge is -2.12. The van der Waals surface area contributed by atoms with Crippen molar-refractivity contribution < 1.29 is 0 Å². The summed E-state index contributed by atoms with van der Waals surface area (Å²) in [5.41, 5.74) is 2.62. The predicted octanol–water partition coefficient (Wildman–Crippen LogP) is 2.23. The summed E-state index contributed by atoms with van der Waals surface area (Å²) in [6.07, 6.45) is 3.82. The Morgan fingerprint density at radius 2 is 1.90 bits per heavy atom. The highest BCUT2D eigenvalue weighted by Crippen LogP contribution is 2.19. The lowest BCUT2D eigenvalue weighted by atomic mass is 10.0. The highest BCUT2D eigenvalue weighted by Gasteiger charge is 2.13. The van der Waals surface area contributed by atoms with Crippen LogP contribution in [0.1, 0.15) is 43.5 Å². The molecule has 110 valence electrons. The molecule has 0 spiro atoms. The minimum Gasteiger partial charge on any atom is -0.367 e. The van der Waals surface area contributed by atoms with Crippen LogP contribution in [0.15, 0.2) is 0 Å². The fourth-order valence-electron chi connectivity index (χ4n) is 2.18. The number of hydrogen-bond acceptors (Lipinski definition) is 5. The molecule has 0 saturated carbocycles. The summed E-state index contributed by atoms with van der Waals surface area (Å²) in [5, 5.41) is 21.0. The van der Waals surface area contributed by atoms with Gasteiger partial charge in [0.2, 0.25) is 0 Å². The van der Waals surface area contributed by atoms with Crippen molar-refractivity contribution in [2.45, 2.75) is 39.5 Å². The van der Waals surface area contributed by atoms with Gasteiger partial charge in [0.1, 0.15) is 11.6 Å². The number of anilines is 1. The second kappa shape index (κ2) is 8.49. The molecule has 0 aliphatic rings. The van der Waals surface area contributed by atoms with Crippen molar-refractivity contribution in [3.8, 4) is 6.07 Å². The quantitative estimate of drug-likeness (QED) is 0.737. The van der Waals surface area contributed by atoms with Gasteiger partial charge in [0.05, 0.1) is 5.69 Å². The summed E-state index contributed by atoms with van der Waals surface area (Å²) in [6, 6.07) is 2.28. The first-order chi connectivity index (χ1) is 9.63. The van der Waals surface area contributed by atoms with E-state index in [0.29, 0.717) is 11.4 Å². The fraction of sp³-hybridized carbons (Fsp3) is 0.667. The second-order valence-corrected chi connectivity index (χ2v) is 5.10. The van der Waals surface area contributed by atoms with Crippen molar-refractivity contribution in [2.24, 2.45) is 0 Å². The molecule has 0 aliphatic heterocycles. The SMILES string of the molecule is CCc1nnc(NCCCCN(C)C)c(C#N)c1CC. The third-order valence-electron chi connectivity index (χ3n) is 3.28. The normalized spacial score (nSPS) is 10.6. The maximum absolute atomic E-state index is 9.36. The summed E-state index contributed by atoms with van der Waals surface area (Å²) in [6.45, 7) is 6.00. The van der Waals surface area contributed by atoms with Gasteiger partial charge >= 0.3 is 0 Å². The van der Waals surface area contributed by atoms with Crippen LogP contribution in [0.4, 0.5) is 5.82 Å². The molecule has 5 heteroatoms. The topological polar surface area (TPSA) is 64.8 Å². The van der Waals surface area contributed by atoms with Gasteiger partial charge in [-0.05, 0) is 51.9 Å². The van der Waals surface area contributed by atoms with Crippen LogP contribution < -0.4 is 5.32 Å². The minimum absolute atomic E-state index is 0.631. The molecule has 0 atom stereocenters. The molecule has 0 unspecified atom stereocenters. The summed E-state index contributed by atoms with van der Waals surface area (Å²) < 4.78 is 0. The molecular weight excluding hydrogens is 250 g/mol. The maximum Gasteiger partial charge on any atom is 0.166 e. The minimum atomic E-state index is 0.631. The Kier molecular flexibility index (Phi) is 6.96. The number of hydrogen-bond donors (Lipinski definition) is 1. The molecule has 0 saturated heterocycles. The van der Waals surface area contributed by atoms with E-state index in [1.54, 1.807) is 0 Å². The van der Waals surface area contributed by atoms with E-state index in [4.69, 9.17) is 0 Å². The second-order valence-electron chi connectivity index (χ2n) is 5.10. The Bertz CT molecular complexity index is 462. The summed E-state index contributed by atoms with van der Waals surface area (Å²) in [5.74, 6) is 0.631. The lowest BCUT2D eigenvalue weighted by molar-refractivity contribution is 0.396. The molecule has 0 amide bonds. The first-order valence-corrected chi connectivity index (χ1v) is 7.31. The van der Waals surface area contributed by atoms with Gasteiger partial charge < -0.3 is 10.2 Å². The van der Waals surface area contributed by atoms with E-state index in [2.05, 4.69) is 47.5 Å². The van der Waals surface area contributed by atoms with E-state index in [0.717, 1.165) is 50.0 Å². The third-order valence-corrected chi connectivity index (χ3v) is 3.28. The van der Waals surface area contributed by atoms with E-state index in [1.807, 2.05) is 6.92 Å². The molecule has 0 aliphatic carbocycles. The van der Waals surface area contributed by atoms with Gasteiger partial charge in [-0.15, -0.1) is 5.10 Å². The zero-order valence-electron chi connectivity index (χ0n) is 13.0. The molecule has 0 fully saturated rings. The molecule has 1 aromatic rings. The van der Waals surface area contributed by atoms with E-state index >= 15 is 0 Å². The molecule has 5 nitrogen and oxygen atoms in total. The van der Waals surface area contributed by atoms with Crippen molar-refractivity contribution in [1.82, 2.24) is 15.1 Å². The Hall–Kier alpha value is -1.67. The van der Waals surface area contributed by atoms with Crippen molar-refractivity contribution in [3.05, 3.63) is 16.8 Å². The van der Waals surface area contributed by atoms with E-state index in [-0.39, 0.29) is 0 Å². The molecule has 1 N–H and O–H groups in total. The average molecular weight is 275 g/mol. The van der Waals surface area contributed by atoms with Gasteiger partial charge in [0.15, 0.2) is 5.82 Å². The fourth-order valence-corrected chi connectivity index (χ4v) is 2.18. The van der Waals surface area contributed by atoms with E-state index in [1.165, 1.54) is 0 Å². The van der Waals surface area contributed by atoms with Crippen LogP contribution >= 0.6 is 0 Å². The first kappa shape index (κ1) is 16.4. The Morgan fingerprint density at radius 1 is 1.15 bits per heavy atom. The molecule has 0 bridgehead atoms. The van der Waals surface area contributed by atoms with Gasteiger partial charge in [0, 0.05) is 6.54 Å². The van der Waals surface area contributed by atoms with Crippen molar-refractivity contribution in [1.29, 1.82) is 5.26 Å². The Balaban J connectivity index is 2.69. The van der Waals surface area contributed by atoms with Gasteiger partial charge in [-0.3, -0.25) is 0 Å². The number of aromatic nitrogens is 2. The summed E-state index contributed by atoms with van der Waals surface area (Å²) >= 11 is 0. The molecule has 1 heterocycles. The van der Waals surface area contributed by atoms with Gasteiger partial charge in [-0.2, -0.15) is 10.4 Å². The zero-order chi connectivity index (χ0) is 15.0. The Labute approximate surface area is 122 Å². The Morgan fingerprint density at radius 3 is 2.45 bits per heavy atom. The van der Waals surface area contributed by atoms with Gasteiger partial charge in [0.25, 0.3) is 0 Å². The average Bonchev–Trinajstić information content (AvgIpc) is 2.45. The van der Waals surface area contributed by atoms with Crippen LogP contribution in [-0.4, -0.2) is 42.3 Å². The van der Waals surface area contributed by atoms with E-state index < -0.39 is 0 Å². The van der Waals surface area contributed by atoms with Crippen LogP contribution in [0.5, 0.6) is 0 Å². The van der Waals surface area contributed by atoms with Crippen LogP contribution in [0.25, 0.3) is 0 Å². The molecular formula is C15H25N5. The highest BCUT2D eigenvalue weighted by atomic mass is 15.2. The third kappa shape index (κ3) is 4.46. The summed E-state index contributed by atoms with van der Waals surface area (Å²) in [4.78, 5) is 2.17. The lowest BCUT2D eigenvalue weighted by Crippen LogP contribution is -2.15. The van der Waals surface area contributed by atoms with Crippen LogP contribution in [-0.2, 0) is 12.8 Å². The zero-order valence-corrected chi connectivity index (χ0v) is 13.0. The number of unbranched alkanes of at least 4 members (excludes halogenated alkanes) is 1. The van der Waals surface area contributed by atoms with E-state index in [9.17, 15) is 5.26 Å². The van der Waals surface area contributed by atoms with Crippen molar-refractivity contribution in [3.63, 3.8) is 0 Å². The van der Waals surface area contributed by atoms with Crippen molar-refractivity contribution in [2.75, 3.05) is 32.5 Å².